The molecule has 0 radical (unpaired) electrons. The lowest BCUT2D eigenvalue weighted by molar-refractivity contribution is -0.146. The number of rotatable bonds is 5. The van der Waals surface area contributed by atoms with Crippen LogP contribution in [0.4, 0.5) is 0 Å². The lowest BCUT2D eigenvalue weighted by Crippen LogP contribution is -2.49. The normalized spacial score (nSPS) is 29.6. The minimum Gasteiger partial charge on any atom is -0.467 e. The molecular formula is C18H28N2O5. The fourth-order valence-electron chi connectivity index (χ4n) is 4.34. The quantitative estimate of drug-likeness (QED) is 0.703. The maximum Gasteiger partial charge on any atom is 0.328 e. The molecule has 2 aliphatic heterocycles. The molecule has 25 heavy (non-hydrogen) atoms. The number of esters is 1. The zero-order valence-corrected chi connectivity index (χ0v) is 14.8. The topological polar surface area (TPSA) is 93.7 Å². The molecule has 2 heterocycles. The summed E-state index contributed by atoms with van der Waals surface area (Å²) in [5.41, 5.74) is 0.127. The van der Waals surface area contributed by atoms with Gasteiger partial charge in [0.25, 0.3) is 0 Å². The van der Waals surface area contributed by atoms with E-state index in [-0.39, 0.29) is 29.1 Å². The van der Waals surface area contributed by atoms with E-state index in [0.717, 1.165) is 51.9 Å². The van der Waals surface area contributed by atoms with E-state index in [1.54, 1.807) is 0 Å². The van der Waals surface area contributed by atoms with E-state index in [2.05, 4.69) is 10.6 Å². The Morgan fingerprint density at radius 3 is 2.80 bits per heavy atom. The molecule has 1 unspecified atom stereocenters. The van der Waals surface area contributed by atoms with E-state index in [1.165, 1.54) is 7.11 Å². The average molecular weight is 352 g/mol. The summed E-state index contributed by atoms with van der Waals surface area (Å²) < 4.78 is 10.3. The first-order chi connectivity index (χ1) is 12.0. The second kappa shape index (κ2) is 7.83. The van der Waals surface area contributed by atoms with E-state index in [9.17, 15) is 14.4 Å². The fraction of sp³-hybridized carbons (Fsp3) is 0.833. The maximum atomic E-state index is 12.7. The average Bonchev–Trinajstić information content (AvgIpc) is 3.21. The number of Topliss-reactive ketones (excluding diaryl/α,β-unsaturated/α-hetero) is 1. The molecule has 3 aliphatic rings. The van der Waals surface area contributed by atoms with Crippen LogP contribution in [-0.2, 0) is 23.9 Å². The molecule has 7 nitrogen and oxygen atoms in total. The summed E-state index contributed by atoms with van der Waals surface area (Å²) in [4.78, 5) is 36.6. The van der Waals surface area contributed by atoms with Crippen LogP contribution in [0.25, 0.3) is 0 Å². The molecule has 1 aliphatic carbocycles. The Labute approximate surface area is 148 Å². The smallest absolute Gasteiger partial charge is 0.328 e. The van der Waals surface area contributed by atoms with Crippen LogP contribution in [0, 0.1) is 11.3 Å². The maximum absolute atomic E-state index is 12.7. The fourth-order valence-corrected chi connectivity index (χ4v) is 4.34. The van der Waals surface area contributed by atoms with Crippen LogP contribution in [0.3, 0.4) is 0 Å². The molecule has 3 fully saturated rings. The summed E-state index contributed by atoms with van der Waals surface area (Å²) in [5, 5.41) is 6.11. The molecule has 1 spiro atoms. The summed E-state index contributed by atoms with van der Waals surface area (Å²) in [7, 11) is 1.31. The van der Waals surface area contributed by atoms with Gasteiger partial charge < -0.3 is 20.1 Å². The Kier molecular flexibility index (Phi) is 5.74. The number of hydrogen-bond donors (Lipinski definition) is 2. The SMILES string of the molecule is COC(=O)[C@H](C[C@@H]1CCCC1=O)NC(=O)C1CC2(CCOCC2)CN1. The van der Waals surface area contributed by atoms with Crippen molar-refractivity contribution < 1.29 is 23.9 Å². The minimum absolute atomic E-state index is 0.127. The van der Waals surface area contributed by atoms with Crippen LogP contribution in [0.15, 0.2) is 0 Å². The van der Waals surface area contributed by atoms with Crippen LogP contribution < -0.4 is 10.6 Å². The first kappa shape index (κ1) is 18.3. The summed E-state index contributed by atoms with van der Waals surface area (Å²) in [5.74, 6) is -0.623. The molecular weight excluding hydrogens is 324 g/mol. The second-order valence-corrected chi connectivity index (χ2v) is 7.63. The van der Waals surface area contributed by atoms with Gasteiger partial charge in [0, 0.05) is 32.1 Å². The molecule has 2 saturated heterocycles. The van der Waals surface area contributed by atoms with Gasteiger partial charge in [-0.1, -0.05) is 0 Å². The predicted molar refractivity (Wildman–Crippen MR) is 89.8 cm³/mol. The first-order valence-electron chi connectivity index (χ1n) is 9.25. The third-order valence-electron chi connectivity index (χ3n) is 5.98. The lowest BCUT2D eigenvalue weighted by atomic mass is 9.78. The monoisotopic (exact) mass is 352 g/mol. The molecule has 1 amide bonds. The van der Waals surface area contributed by atoms with E-state index in [0.29, 0.717) is 12.8 Å². The highest BCUT2D eigenvalue weighted by atomic mass is 16.5. The molecule has 3 rings (SSSR count). The third-order valence-corrected chi connectivity index (χ3v) is 5.98. The van der Waals surface area contributed by atoms with Crippen molar-refractivity contribution >= 4 is 17.7 Å². The largest absolute Gasteiger partial charge is 0.467 e. The van der Waals surface area contributed by atoms with Crippen LogP contribution in [0.5, 0.6) is 0 Å². The van der Waals surface area contributed by atoms with Gasteiger partial charge in [-0.25, -0.2) is 4.79 Å². The number of methoxy groups -OCH3 is 1. The molecule has 140 valence electrons. The molecule has 0 bridgehead atoms. The molecule has 0 aromatic carbocycles. The van der Waals surface area contributed by atoms with Crippen LogP contribution in [-0.4, -0.2) is 56.6 Å². The number of hydrogen-bond acceptors (Lipinski definition) is 6. The Hall–Kier alpha value is -1.47. The summed E-state index contributed by atoms with van der Waals surface area (Å²) in [6.45, 7) is 2.29. The van der Waals surface area contributed by atoms with Gasteiger partial charge in [-0.05, 0) is 43.9 Å². The first-order valence-corrected chi connectivity index (χ1v) is 9.25. The van der Waals surface area contributed by atoms with Gasteiger partial charge in [-0.15, -0.1) is 0 Å². The lowest BCUT2D eigenvalue weighted by Gasteiger charge is -2.32. The molecule has 1 saturated carbocycles. The van der Waals surface area contributed by atoms with Gasteiger partial charge in [0.2, 0.25) is 5.91 Å². The number of ether oxygens (including phenoxy) is 2. The summed E-state index contributed by atoms with van der Waals surface area (Å²) in [6.07, 6.45) is 5.23. The van der Waals surface area contributed by atoms with Gasteiger partial charge in [-0.2, -0.15) is 0 Å². The number of ketones is 1. The zero-order chi connectivity index (χ0) is 17.9. The van der Waals surface area contributed by atoms with Gasteiger partial charge in [0.1, 0.15) is 11.8 Å². The van der Waals surface area contributed by atoms with E-state index < -0.39 is 12.0 Å². The summed E-state index contributed by atoms with van der Waals surface area (Å²) >= 11 is 0. The number of carbonyl (C=O) groups excluding carboxylic acids is 3. The molecule has 7 heteroatoms. The Balaban J connectivity index is 1.58. The number of carbonyl (C=O) groups is 3. The van der Waals surface area contributed by atoms with Crippen molar-refractivity contribution in [3.63, 3.8) is 0 Å². The molecule has 2 N–H and O–H groups in total. The number of nitrogens with one attached hydrogen (secondary N) is 2. The van der Waals surface area contributed by atoms with Gasteiger partial charge in [0.05, 0.1) is 13.2 Å². The highest BCUT2D eigenvalue weighted by Gasteiger charge is 2.43. The van der Waals surface area contributed by atoms with Crippen molar-refractivity contribution in [3.8, 4) is 0 Å². The molecule has 0 aromatic rings. The highest BCUT2D eigenvalue weighted by Crippen LogP contribution is 2.38. The third kappa shape index (κ3) is 4.20. The van der Waals surface area contributed by atoms with Crippen LogP contribution in [0.2, 0.25) is 0 Å². The van der Waals surface area contributed by atoms with Crippen molar-refractivity contribution in [1.29, 1.82) is 0 Å². The standard InChI is InChI=1S/C18H28N2O5/c1-24-17(23)13(9-12-3-2-4-15(12)21)20-16(22)14-10-18(11-19-14)5-7-25-8-6-18/h12-14,19H,2-11H2,1H3,(H,20,22)/t12-,13-,14?/m0/s1. The van der Waals surface area contributed by atoms with Crippen molar-refractivity contribution in [1.82, 2.24) is 10.6 Å². The van der Waals surface area contributed by atoms with E-state index >= 15 is 0 Å². The van der Waals surface area contributed by atoms with Crippen molar-refractivity contribution in [2.75, 3.05) is 26.9 Å². The molecule has 3 atom stereocenters. The summed E-state index contributed by atoms with van der Waals surface area (Å²) in [6, 6.07) is -1.05. The predicted octanol–water partition coefficient (Wildman–Crippen LogP) is 0.562. The van der Waals surface area contributed by atoms with E-state index in [4.69, 9.17) is 9.47 Å². The Morgan fingerprint density at radius 1 is 1.40 bits per heavy atom. The van der Waals surface area contributed by atoms with E-state index in [1.807, 2.05) is 0 Å². The molecule has 0 aromatic heterocycles. The van der Waals surface area contributed by atoms with Crippen molar-refractivity contribution in [2.45, 2.75) is 57.0 Å². The van der Waals surface area contributed by atoms with Gasteiger partial charge in [0.15, 0.2) is 0 Å². The van der Waals surface area contributed by atoms with Gasteiger partial charge in [-0.3, -0.25) is 9.59 Å². The van der Waals surface area contributed by atoms with Crippen LogP contribution in [0.1, 0.15) is 44.9 Å². The highest BCUT2D eigenvalue weighted by molar-refractivity contribution is 5.89. The minimum atomic E-state index is -0.752. The second-order valence-electron chi connectivity index (χ2n) is 7.63. The zero-order valence-electron chi connectivity index (χ0n) is 14.8. The van der Waals surface area contributed by atoms with Crippen molar-refractivity contribution in [2.24, 2.45) is 11.3 Å². The Morgan fingerprint density at radius 2 is 2.16 bits per heavy atom. The number of amides is 1. The van der Waals surface area contributed by atoms with Crippen molar-refractivity contribution in [3.05, 3.63) is 0 Å². The van der Waals surface area contributed by atoms with Gasteiger partial charge >= 0.3 is 5.97 Å². The van der Waals surface area contributed by atoms with Crippen LogP contribution >= 0.6 is 0 Å². The Bertz CT molecular complexity index is 530.